The smallest absolute Gasteiger partial charge is 0.330 e. The number of nitrogens with one attached hydrogen (secondary N) is 3. The summed E-state index contributed by atoms with van der Waals surface area (Å²) in [5.41, 5.74) is 0.999. The molecule has 0 aliphatic carbocycles. The topological polar surface area (TPSA) is 70.2 Å². The first kappa shape index (κ1) is 19.5. The van der Waals surface area contributed by atoms with Gasteiger partial charge in [0.25, 0.3) is 0 Å². The molecule has 1 fully saturated rings. The van der Waals surface area contributed by atoms with Crippen molar-refractivity contribution in [2.75, 3.05) is 5.32 Å². The highest BCUT2D eigenvalue weighted by molar-refractivity contribution is 5.97. The van der Waals surface area contributed by atoms with Crippen LogP contribution in [0.2, 0.25) is 0 Å². The maximum atomic E-state index is 12.9. The molecule has 0 aromatic heterocycles. The average molecular weight is 389 g/mol. The van der Waals surface area contributed by atoms with Crippen molar-refractivity contribution in [1.82, 2.24) is 10.6 Å². The van der Waals surface area contributed by atoms with Gasteiger partial charge in [0.05, 0.1) is 11.6 Å². The van der Waals surface area contributed by atoms with E-state index in [0.29, 0.717) is 5.56 Å². The minimum Gasteiger partial charge on any atom is -0.330 e. The Morgan fingerprint density at radius 2 is 1.82 bits per heavy atom. The summed E-state index contributed by atoms with van der Waals surface area (Å²) in [5.74, 6) is -1.49. The van der Waals surface area contributed by atoms with Crippen LogP contribution in [0.5, 0.6) is 0 Å². The van der Waals surface area contributed by atoms with Crippen LogP contribution in [-0.4, -0.2) is 11.9 Å². The van der Waals surface area contributed by atoms with Crippen LogP contribution in [0.3, 0.4) is 0 Å². The van der Waals surface area contributed by atoms with E-state index in [-0.39, 0.29) is 11.4 Å². The van der Waals surface area contributed by atoms with Crippen LogP contribution in [0.4, 0.5) is 23.7 Å². The lowest BCUT2D eigenvalue weighted by atomic mass is 9.88. The van der Waals surface area contributed by atoms with Crippen LogP contribution in [-0.2, 0) is 11.0 Å². The number of anilines is 1. The fourth-order valence-electron chi connectivity index (χ4n) is 3.04. The number of hydrogen-bond donors (Lipinski definition) is 3. The van der Waals surface area contributed by atoms with E-state index in [1.165, 1.54) is 12.1 Å². The Morgan fingerprint density at radius 3 is 2.46 bits per heavy atom. The Balaban J connectivity index is 1.88. The molecule has 2 atom stereocenters. The Hall–Kier alpha value is -3.29. The van der Waals surface area contributed by atoms with Crippen LogP contribution >= 0.6 is 0 Å². The summed E-state index contributed by atoms with van der Waals surface area (Å²) in [5, 5.41) is 7.63. The van der Waals surface area contributed by atoms with Gasteiger partial charge in [-0.25, -0.2) is 4.79 Å². The molecule has 0 radical (unpaired) electrons. The Kier molecular flexibility index (Phi) is 5.13. The third kappa shape index (κ3) is 4.16. The van der Waals surface area contributed by atoms with Crippen molar-refractivity contribution in [3.05, 3.63) is 77.5 Å². The maximum Gasteiger partial charge on any atom is 0.416 e. The molecule has 0 spiro atoms. The van der Waals surface area contributed by atoms with Gasteiger partial charge in [-0.1, -0.05) is 42.5 Å². The highest BCUT2D eigenvalue weighted by atomic mass is 19.4. The van der Waals surface area contributed by atoms with Gasteiger partial charge in [-0.05, 0) is 30.7 Å². The number of amides is 3. The zero-order valence-corrected chi connectivity index (χ0v) is 14.9. The maximum absolute atomic E-state index is 12.9. The molecule has 3 N–H and O–H groups in total. The van der Waals surface area contributed by atoms with E-state index in [0.717, 1.165) is 17.7 Å². The van der Waals surface area contributed by atoms with Crippen molar-refractivity contribution in [2.45, 2.75) is 19.1 Å². The molecule has 3 rings (SSSR count). The van der Waals surface area contributed by atoms with Crippen LogP contribution in [0.15, 0.2) is 60.8 Å². The first-order valence-corrected chi connectivity index (χ1v) is 8.46. The SMILES string of the molecule is C=C1NC(=O)N[C@H](c2ccc(C)cc2)[C@H]1C(=O)Nc1cccc(C(F)(F)F)c1. The monoisotopic (exact) mass is 389 g/mol. The second-order valence-corrected chi connectivity index (χ2v) is 6.56. The lowest BCUT2D eigenvalue weighted by Crippen LogP contribution is -2.51. The molecule has 0 saturated carbocycles. The van der Waals surface area contributed by atoms with E-state index in [9.17, 15) is 22.8 Å². The number of alkyl halides is 3. The fraction of sp³-hybridized carbons (Fsp3) is 0.200. The van der Waals surface area contributed by atoms with Gasteiger partial charge in [0.2, 0.25) is 5.91 Å². The summed E-state index contributed by atoms with van der Waals surface area (Å²) in [6.45, 7) is 5.65. The minimum atomic E-state index is -4.52. The van der Waals surface area contributed by atoms with Crippen molar-refractivity contribution in [3.8, 4) is 0 Å². The van der Waals surface area contributed by atoms with E-state index < -0.39 is 35.6 Å². The number of urea groups is 1. The summed E-state index contributed by atoms with van der Waals surface area (Å²) >= 11 is 0. The summed E-state index contributed by atoms with van der Waals surface area (Å²) in [6.07, 6.45) is -4.52. The van der Waals surface area contributed by atoms with E-state index in [1.807, 2.05) is 19.1 Å². The molecule has 146 valence electrons. The van der Waals surface area contributed by atoms with Crippen molar-refractivity contribution in [1.29, 1.82) is 0 Å². The lowest BCUT2D eigenvalue weighted by Gasteiger charge is -2.34. The lowest BCUT2D eigenvalue weighted by molar-refractivity contribution is -0.137. The normalized spacial score (nSPS) is 19.6. The number of rotatable bonds is 3. The van der Waals surface area contributed by atoms with Gasteiger partial charge in [0.1, 0.15) is 5.92 Å². The van der Waals surface area contributed by atoms with Gasteiger partial charge in [0, 0.05) is 11.4 Å². The number of aryl methyl sites for hydroxylation is 1. The third-order valence-electron chi connectivity index (χ3n) is 4.45. The van der Waals surface area contributed by atoms with Crippen LogP contribution in [0.25, 0.3) is 0 Å². The summed E-state index contributed by atoms with van der Waals surface area (Å²) in [4.78, 5) is 24.7. The molecule has 28 heavy (non-hydrogen) atoms. The molecule has 1 aliphatic heterocycles. The Labute approximate surface area is 159 Å². The first-order valence-electron chi connectivity index (χ1n) is 8.46. The predicted molar refractivity (Wildman–Crippen MR) is 98.3 cm³/mol. The van der Waals surface area contributed by atoms with Crippen molar-refractivity contribution in [3.63, 3.8) is 0 Å². The van der Waals surface area contributed by atoms with E-state index in [1.54, 1.807) is 12.1 Å². The van der Waals surface area contributed by atoms with Crippen molar-refractivity contribution < 1.29 is 22.8 Å². The molecule has 1 heterocycles. The number of benzene rings is 2. The Bertz CT molecular complexity index is 923. The van der Waals surface area contributed by atoms with E-state index >= 15 is 0 Å². The van der Waals surface area contributed by atoms with Gasteiger partial charge in [0.15, 0.2) is 0 Å². The van der Waals surface area contributed by atoms with Gasteiger partial charge in [-0.2, -0.15) is 13.2 Å². The van der Waals surface area contributed by atoms with Crippen LogP contribution in [0.1, 0.15) is 22.7 Å². The van der Waals surface area contributed by atoms with Gasteiger partial charge >= 0.3 is 12.2 Å². The zero-order chi connectivity index (χ0) is 20.5. The molecule has 5 nitrogen and oxygen atoms in total. The molecule has 0 unspecified atom stereocenters. The summed E-state index contributed by atoms with van der Waals surface area (Å²) in [7, 11) is 0. The number of halogens is 3. The van der Waals surface area contributed by atoms with Crippen LogP contribution < -0.4 is 16.0 Å². The van der Waals surface area contributed by atoms with E-state index in [4.69, 9.17) is 0 Å². The minimum absolute atomic E-state index is 0.00665. The molecule has 8 heteroatoms. The summed E-state index contributed by atoms with van der Waals surface area (Å²) in [6, 6.07) is 10.4. The Morgan fingerprint density at radius 1 is 1.14 bits per heavy atom. The number of carbonyl (C=O) groups is 2. The van der Waals surface area contributed by atoms with Crippen LogP contribution in [0, 0.1) is 12.8 Å². The number of carbonyl (C=O) groups excluding carboxylic acids is 2. The molecular formula is C20H18F3N3O2. The quantitative estimate of drug-likeness (QED) is 0.739. The molecule has 3 amide bonds. The molecule has 2 aromatic rings. The highest BCUT2D eigenvalue weighted by Gasteiger charge is 2.38. The summed E-state index contributed by atoms with van der Waals surface area (Å²) < 4.78 is 38.7. The highest BCUT2D eigenvalue weighted by Crippen LogP contribution is 2.33. The molecule has 0 bridgehead atoms. The zero-order valence-electron chi connectivity index (χ0n) is 14.9. The van der Waals surface area contributed by atoms with E-state index in [2.05, 4.69) is 22.5 Å². The molecule has 1 aliphatic rings. The molecular weight excluding hydrogens is 371 g/mol. The predicted octanol–water partition coefficient (Wildman–Crippen LogP) is 4.14. The first-order chi connectivity index (χ1) is 13.1. The largest absolute Gasteiger partial charge is 0.416 e. The second kappa shape index (κ2) is 7.38. The van der Waals surface area contributed by atoms with Gasteiger partial charge in [-0.3, -0.25) is 4.79 Å². The average Bonchev–Trinajstić information content (AvgIpc) is 2.61. The van der Waals surface area contributed by atoms with Crippen molar-refractivity contribution in [2.24, 2.45) is 5.92 Å². The third-order valence-corrected chi connectivity index (χ3v) is 4.45. The second-order valence-electron chi connectivity index (χ2n) is 6.56. The molecule has 1 saturated heterocycles. The molecule has 2 aromatic carbocycles. The van der Waals surface area contributed by atoms with Crippen molar-refractivity contribution >= 4 is 17.6 Å². The fourth-order valence-corrected chi connectivity index (χ4v) is 3.04. The van der Waals surface area contributed by atoms with Gasteiger partial charge < -0.3 is 16.0 Å². The number of hydrogen-bond acceptors (Lipinski definition) is 2. The van der Waals surface area contributed by atoms with Gasteiger partial charge in [-0.15, -0.1) is 0 Å². The standard InChI is InChI=1S/C20H18F3N3O2/c1-11-6-8-13(9-7-11)17-16(12(2)24-19(28)26-17)18(27)25-15-5-3-4-14(10-15)20(21,22)23/h3-10,16-17H,2H2,1H3,(H,25,27)(H2,24,26,28)/t16-,17+/m0/s1.